The predicted octanol–water partition coefficient (Wildman–Crippen LogP) is 2.35. The van der Waals surface area contributed by atoms with Gasteiger partial charge in [-0.15, -0.1) is 0 Å². The summed E-state index contributed by atoms with van der Waals surface area (Å²) in [6.45, 7) is 4.03. The summed E-state index contributed by atoms with van der Waals surface area (Å²) in [5.41, 5.74) is 1.72. The number of guanidine groups is 1. The summed E-state index contributed by atoms with van der Waals surface area (Å²) in [7, 11) is 1.51. The van der Waals surface area contributed by atoms with Crippen molar-refractivity contribution in [1.82, 2.24) is 15.1 Å². The van der Waals surface area contributed by atoms with E-state index < -0.39 is 6.04 Å². The van der Waals surface area contributed by atoms with Crippen LogP contribution in [0, 0.1) is 0 Å². The number of halogens is 1. The van der Waals surface area contributed by atoms with Crippen LogP contribution in [0.5, 0.6) is 5.75 Å². The average Bonchev–Trinajstić information content (AvgIpc) is 2.80. The number of hydrogen-bond acceptors (Lipinski definition) is 6. The number of amides is 2. The Hall–Kier alpha value is -3.10. The normalized spacial score (nSPS) is 19.2. The Bertz CT molecular complexity index is 1010. The van der Waals surface area contributed by atoms with Crippen molar-refractivity contribution in [2.45, 2.75) is 19.0 Å². The van der Waals surface area contributed by atoms with Crippen molar-refractivity contribution in [1.29, 1.82) is 0 Å². The fourth-order valence-corrected chi connectivity index (χ4v) is 4.01. The van der Waals surface area contributed by atoms with Gasteiger partial charge < -0.3 is 15.0 Å². The van der Waals surface area contributed by atoms with E-state index >= 15 is 0 Å². The molecule has 0 aromatic heterocycles. The molecular weight excluding hydrogens is 430 g/mol. The number of nitrogens with zero attached hydrogens (tertiary/aromatic N) is 3. The first-order valence-corrected chi connectivity index (χ1v) is 10.9. The zero-order valence-electron chi connectivity index (χ0n) is 17.9. The van der Waals surface area contributed by atoms with Gasteiger partial charge in [0.1, 0.15) is 11.8 Å². The highest BCUT2D eigenvalue weighted by Crippen LogP contribution is 2.28. The van der Waals surface area contributed by atoms with E-state index in [1.54, 1.807) is 18.2 Å². The highest BCUT2D eigenvalue weighted by atomic mass is 35.5. The number of methoxy groups -OCH3 is 1. The van der Waals surface area contributed by atoms with Crippen LogP contribution in [0.1, 0.15) is 12.0 Å². The van der Waals surface area contributed by atoms with Gasteiger partial charge in [-0.1, -0.05) is 41.9 Å². The average molecular weight is 456 g/mol. The summed E-state index contributed by atoms with van der Waals surface area (Å²) in [6, 6.07) is 14.5. The standard InChI is InChI=1S/C23H26ClN5O3/c1-32-20-8-7-17(24)13-18(20)25-22(31)19-14-21(30)27-23(26-19)29-11-9-28(10-12-29)15-16-5-3-2-4-6-16/h2-8,13,19H,9-12,14-15H2,1H3,(H,25,31)(H,26,27,30)/t19-/m1/s1. The molecule has 2 aromatic rings. The van der Waals surface area contributed by atoms with E-state index in [1.807, 2.05) is 23.1 Å². The van der Waals surface area contributed by atoms with E-state index in [-0.39, 0.29) is 18.2 Å². The summed E-state index contributed by atoms with van der Waals surface area (Å²) < 4.78 is 5.28. The van der Waals surface area contributed by atoms with Crippen LogP contribution in [0.3, 0.4) is 0 Å². The molecule has 2 amide bonds. The number of rotatable bonds is 5. The van der Waals surface area contributed by atoms with Crippen LogP contribution in [-0.2, 0) is 16.1 Å². The Morgan fingerprint density at radius 3 is 2.66 bits per heavy atom. The molecule has 0 spiro atoms. The minimum Gasteiger partial charge on any atom is -0.495 e. The molecule has 8 nitrogen and oxygen atoms in total. The molecule has 1 saturated heterocycles. The van der Waals surface area contributed by atoms with Crippen LogP contribution >= 0.6 is 11.6 Å². The summed E-state index contributed by atoms with van der Waals surface area (Å²) in [4.78, 5) is 34.1. The highest BCUT2D eigenvalue weighted by Gasteiger charge is 2.31. The van der Waals surface area contributed by atoms with Crippen molar-refractivity contribution in [3.05, 3.63) is 59.1 Å². The highest BCUT2D eigenvalue weighted by molar-refractivity contribution is 6.31. The summed E-state index contributed by atoms with van der Waals surface area (Å²) in [6.07, 6.45) is -0.00775. The van der Waals surface area contributed by atoms with E-state index in [4.69, 9.17) is 16.3 Å². The quantitative estimate of drug-likeness (QED) is 0.722. The van der Waals surface area contributed by atoms with Crippen LogP contribution in [0.4, 0.5) is 5.69 Å². The molecule has 2 aromatic carbocycles. The molecule has 9 heteroatoms. The predicted molar refractivity (Wildman–Crippen MR) is 124 cm³/mol. The lowest BCUT2D eigenvalue weighted by Crippen LogP contribution is -2.56. The monoisotopic (exact) mass is 455 g/mol. The number of ether oxygens (including phenoxy) is 1. The zero-order valence-corrected chi connectivity index (χ0v) is 18.6. The molecule has 1 atom stereocenters. The molecule has 0 radical (unpaired) electrons. The van der Waals surface area contributed by atoms with Crippen LogP contribution in [0.25, 0.3) is 0 Å². The van der Waals surface area contributed by atoms with Crippen LogP contribution in [0.2, 0.25) is 5.02 Å². The fourth-order valence-electron chi connectivity index (χ4n) is 3.84. The van der Waals surface area contributed by atoms with Gasteiger partial charge in [0.25, 0.3) is 0 Å². The van der Waals surface area contributed by atoms with Crippen LogP contribution < -0.4 is 15.4 Å². The third-order valence-electron chi connectivity index (χ3n) is 5.55. The van der Waals surface area contributed by atoms with Crippen molar-refractivity contribution in [3.8, 4) is 5.75 Å². The Labute approximate surface area is 192 Å². The maximum absolute atomic E-state index is 12.9. The number of benzene rings is 2. The molecule has 2 aliphatic heterocycles. The van der Waals surface area contributed by atoms with E-state index in [1.165, 1.54) is 12.7 Å². The third-order valence-corrected chi connectivity index (χ3v) is 5.79. The Morgan fingerprint density at radius 2 is 1.94 bits per heavy atom. The molecule has 0 aliphatic carbocycles. The van der Waals surface area contributed by atoms with Crippen LogP contribution in [0.15, 0.2) is 53.5 Å². The van der Waals surface area contributed by atoms with Crippen molar-refractivity contribution < 1.29 is 14.3 Å². The number of carbonyl (C=O) groups excluding carboxylic acids is 2. The number of hydrogen-bond donors (Lipinski definition) is 2. The number of aliphatic imine (C=N–C) groups is 1. The van der Waals surface area contributed by atoms with Gasteiger partial charge >= 0.3 is 0 Å². The largest absolute Gasteiger partial charge is 0.495 e. The fraction of sp³-hybridized carbons (Fsp3) is 0.348. The Balaban J connectivity index is 1.39. The Morgan fingerprint density at radius 1 is 1.19 bits per heavy atom. The van der Waals surface area contributed by atoms with Crippen molar-refractivity contribution in [3.63, 3.8) is 0 Å². The van der Waals surface area contributed by atoms with Gasteiger partial charge in [-0.05, 0) is 23.8 Å². The first-order valence-electron chi connectivity index (χ1n) is 10.5. The van der Waals surface area contributed by atoms with Gasteiger partial charge in [0.2, 0.25) is 17.8 Å². The second kappa shape index (κ2) is 10.0. The maximum Gasteiger partial charge on any atom is 0.249 e. The molecule has 2 aliphatic rings. The molecule has 0 saturated carbocycles. The van der Waals surface area contributed by atoms with E-state index in [2.05, 4.69) is 32.7 Å². The van der Waals surface area contributed by atoms with Gasteiger partial charge in [0.05, 0.1) is 19.2 Å². The van der Waals surface area contributed by atoms with Gasteiger partial charge in [-0.3, -0.25) is 19.8 Å². The van der Waals surface area contributed by atoms with Gasteiger partial charge in [0.15, 0.2) is 0 Å². The lowest BCUT2D eigenvalue weighted by Gasteiger charge is -2.37. The molecule has 2 heterocycles. The van der Waals surface area contributed by atoms with E-state index in [0.29, 0.717) is 22.4 Å². The van der Waals surface area contributed by atoms with Crippen LogP contribution in [-0.4, -0.2) is 66.9 Å². The zero-order chi connectivity index (χ0) is 22.5. The molecule has 168 valence electrons. The van der Waals surface area contributed by atoms with Gasteiger partial charge in [-0.2, -0.15) is 0 Å². The van der Waals surface area contributed by atoms with E-state index in [0.717, 1.165) is 32.7 Å². The van der Waals surface area contributed by atoms with E-state index in [9.17, 15) is 9.59 Å². The van der Waals surface area contributed by atoms with Crippen molar-refractivity contribution in [2.75, 3.05) is 38.6 Å². The first kappa shape index (κ1) is 22.1. The molecular formula is C23H26ClN5O3. The summed E-state index contributed by atoms with van der Waals surface area (Å²) in [5, 5.41) is 6.08. The molecule has 4 rings (SSSR count). The SMILES string of the molecule is COc1ccc(Cl)cc1NC(=O)[C@H]1CC(=O)NC(N2CCN(Cc3ccccc3)CC2)=N1. The molecule has 0 unspecified atom stereocenters. The number of anilines is 1. The van der Waals surface area contributed by atoms with Crippen molar-refractivity contribution >= 4 is 35.1 Å². The van der Waals surface area contributed by atoms with Crippen molar-refractivity contribution in [2.24, 2.45) is 4.99 Å². The Kier molecular flexibility index (Phi) is 6.92. The summed E-state index contributed by atoms with van der Waals surface area (Å²) >= 11 is 6.04. The molecule has 1 fully saturated rings. The van der Waals surface area contributed by atoms with Gasteiger partial charge in [0, 0.05) is 37.7 Å². The minimum atomic E-state index is -0.815. The second-order valence-electron chi connectivity index (χ2n) is 7.80. The lowest BCUT2D eigenvalue weighted by atomic mass is 10.1. The maximum atomic E-state index is 12.9. The molecule has 2 N–H and O–H groups in total. The number of carbonyl (C=O) groups is 2. The number of nitrogens with one attached hydrogen (secondary N) is 2. The second-order valence-corrected chi connectivity index (χ2v) is 8.24. The molecule has 32 heavy (non-hydrogen) atoms. The first-order chi connectivity index (χ1) is 15.5. The van der Waals surface area contributed by atoms with Gasteiger partial charge in [-0.25, -0.2) is 4.99 Å². The minimum absolute atomic E-state index is 0.00775. The lowest BCUT2D eigenvalue weighted by molar-refractivity contribution is -0.125. The third kappa shape index (κ3) is 5.38. The smallest absolute Gasteiger partial charge is 0.249 e. The number of piperazine rings is 1. The summed E-state index contributed by atoms with van der Waals surface area (Å²) in [5.74, 6) is 0.348. The molecule has 0 bridgehead atoms. The topological polar surface area (TPSA) is 86.3 Å².